The van der Waals surface area contributed by atoms with Gasteiger partial charge in [0.1, 0.15) is 17.3 Å². The number of para-hydroxylation sites is 1. The highest BCUT2D eigenvalue weighted by Gasteiger charge is 2.21. The number of aromatic nitrogens is 2. The van der Waals surface area contributed by atoms with Crippen molar-refractivity contribution in [3.8, 4) is 0 Å². The highest BCUT2D eigenvalue weighted by Crippen LogP contribution is 2.14. The first kappa shape index (κ1) is 17.7. The average Bonchev–Trinajstić information content (AvgIpc) is 2.64. The SMILES string of the molecule is NC(=O)c1cncc(N2CCN(CC(=O)Nc3ccccc3F)CC2)n1. The lowest BCUT2D eigenvalue weighted by Gasteiger charge is -2.34. The lowest BCUT2D eigenvalue weighted by molar-refractivity contribution is -0.117. The van der Waals surface area contributed by atoms with Gasteiger partial charge in [0.25, 0.3) is 5.91 Å². The van der Waals surface area contributed by atoms with Gasteiger partial charge in [0.15, 0.2) is 0 Å². The van der Waals surface area contributed by atoms with Crippen LogP contribution in [0, 0.1) is 5.82 Å². The number of anilines is 2. The van der Waals surface area contributed by atoms with Crippen LogP contribution in [0.5, 0.6) is 0 Å². The summed E-state index contributed by atoms with van der Waals surface area (Å²) in [5, 5.41) is 2.58. The van der Waals surface area contributed by atoms with Crippen LogP contribution >= 0.6 is 0 Å². The second-order valence-corrected chi connectivity index (χ2v) is 5.92. The van der Waals surface area contributed by atoms with Gasteiger partial charge in [-0.25, -0.2) is 9.37 Å². The smallest absolute Gasteiger partial charge is 0.268 e. The van der Waals surface area contributed by atoms with E-state index in [-0.39, 0.29) is 23.8 Å². The molecule has 0 bridgehead atoms. The first-order valence-corrected chi connectivity index (χ1v) is 8.16. The van der Waals surface area contributed by atoms with Crippen LogP contribution in [0.25, 0.3) is 0 Å². The maximum atomic E-state index is 13.6. The highest BCUT2D eigenvalue weighted by atomic mass is 19.1. The lowest BCUT2D eigenvalue weighted by Crippen LogP contribution is -2.49. The zero-order chi connectivity index (χ0) is 18.5. The number of benzene rings is 1. The van der Waals surface area contributed by atoms with Gasteiger partial charge in [0, 0.05) is 26.2 Å². The van der Waals surface area contributed by atoms with Gasteiger partial charge in [-0.1, -0.05) is 12.1 Å². The number of carbonyl (C=O) groups is 2. The Morgan fingerprint density at radius 2 is 1.88 bits per heavy atom. The van der Waals surface area contributed by atoms with Gasteiger partial charge in [-0.05, 0) is 12.1 Å². The van der Waals surface area contributed by atoms with Crippen molar-refractivity contribution >= 4 is 23.3 Å². The summed E-state index contributed by atoms with van der Waals surface area (Å²) in [7, 11) is 0. The van der Waals surface area contributed by atoms with E-state index in [0.717, 1.165) is 0 Å². The number of rotatable bonds is 5. The zero-order valence-electron chi connectivity index (χ0n) is 14.1. The molecule has 2 heterocycles. The van der Waals surface area contributed by atoms with Crippen molar-refractivity contribution < 1.29 is 14.0 Å². The summed E-state index contributed by atoms with van der Waals surface area (Å²) < 4.78 is 13.6. The Hall–Kier alpha value is -3.07. The molecule has 1 saturated heterocycles. The summed E-state index contributed by atoms with van der Waals surface area (Å²) in [5.74, 6) is -0.766. The minimum Gasteiger partial charge on any atom is -0.364 e. The molecule has 136 valence electrons. The maximum absolute atomic E-state index is 13.6. The molecule has 0 radical (unpaired) electrons. The van der Waals surface area contributed by atoms with Crippen LogP contribution in [-0.2, 0) is 4.79 Å². The molecule has 1 aromatic carbocycles. The zero-order valence-corrected chi connectivity index (χ0v) is 14.1. The number of nitrogens with zero attached hydrogens (tertiary/aromatic N) is 4. The number of hydrogen-bond acceptors (Lipinski definition) is 6. The Kier molecular flexibility index (Phi) is 5.37. The van der Waals surface area contributed by atoms with Crippen molar-refractivity contribution in [2.45, 2.75) is 0 Å². The second kappa shape index (κ2) is 7.87. The van der Waals surface area contributed by atoms with Gasteiger partial charge in [-0.15, -0.1) is 0 Å². The number of piperazine rings is 1. The monoisotopic (exact) mass is 358 g/mol. The number of hydrogen-bond donors (Lipinski definition) is 2. The summed E-state index contributed by atoms with van der Waals surface area (Å²) in [6, 6.07) is 6.06. The molecule has 26 heavy (non-hydrogen) atoms. The van der Waals surface area contributed by atoms with Crippen LogP contribution in [0.4, 0.5) is 15.9 Å². The second-order valence-electron chi connectivity index (χ2n) is 5.92. The number of halogens is 1. The molecule has 1 aliphatic rings. The first-order valence-electron chi connectivity index (χ1n) is 8.16. The third-order valence-electron chi connectivity index (χ3n) is 4.09. The largest absolute Gasteiger partial charge is 0.364 e. The molecule has 2 amide bonds. The standard InChI is InChI=1S/C17H19FN6O2/c18-12-3-1-2-4-13(12)22-16(25)11-23-5-7-24(8-6-23)15-10-20-9-14(21-15)17(19)26/h1-4,9-10H,5-8,11H2,(H2,19,26)(H,22,25). The topological polar surface area (TPSA) is 104 Å². The molecule has 0 spiro atoms. The quantitative estimate of drug-likeness (QED) is 0.805. The molecule has 3 N–H and O–H groups in total. The molecule has 1 aliphatic heterocycles. The number of primary amides is 1. The van der Waals surface area contributed by atoms with Crippen LogP contribution in [0.1, 0.15) is 10.5 Å². The Labute approximate surface area is 149 Å². The summed E-state index contributed by atoms with van der Waals surface area (Å²) >= 11 is 0. The lowest BCUT2D eigenvalue weighted by atomic mass is 10.3. The van der Waals surface area contributed by atoms with Crippen molar-refractivity contribution in [3.05, 3.63) is 48.2 Å². The van der Waals surface area contributed by atoms with Crippen molar-refractivity contribution in [2.24, 2.45) is 5.73 Å². The summed E-state index contributed by atoms with van der Waals surface area (Å²) in [6.45, 7) is 2.70. The normalized spacial score (nSPS) is 14.9. The van der Waals surface area contributed by atoms with Crippen LogP contribution in [-0.4, -0.2) is 59.4 Å². The van der Waals surface area contributed by atoms with E-state index in [2.05, 4.69) is 15.3 Å². The fourth-order valence-corrected chi connectivity index (χ4v) is 2.72. The van der Waals surface area contributed by atoms with Gasteiger partial charge in [-0.2, -0.15) is 0 Å². The average molecular weight is 358 g/mol. The first-order chi connectivity index (χ1) is 12.5. The molecule has 0 atom stereocenters. The number of carbonyl (C=O) groups excluding carboxylic acids is 2. The van der Waals surface area contributed by atoms with Gasteiger partial charge >= 0.3 is 0 Å². The highest BCUT2D eigenvalue weighted by molar-refractivity contribution is 5.92. The van der Waals surface area contributed by atoms with Gasteiger partial charge in [0.2, 0.25) is 5.91 Å². The number of nitrogens with two attached hydrogens (primary N) is 1. The number of nitrogens with one attached hydrogen (secondary N) is 1. The minimum atomic E-state index is -0.622. The van der Waals surface area contributed by atoms with E-state index in [1.807, 2.05) is 9.80 Å². The Morgan fingerprint density at radius 1 is 1.15 bits per heavy atom. The molecular formula is C17H19FN6O2. The molecule has 0 unspecified atom stereocenters. The fourth-order valence-electron chi connectivity index (χ4n) is 2.72. The maximum Gasteiger partial charge on any atom is 0.268 e. The van der Waals surface area contributed by atoms with Crippen LogP contribution < -0.4 is 16.0 Å². The summed E-state index contributed by atoms with van der Waals surface area (Å²) in [6.07, 6.45) is 2.90. The van der Waals surface area contributed by atoms with Crippen LogP contribution in [0.2, 0.25) is 0 Å². The molecule has 3 rings (SSSR count). The van der Waals surface area contributed by atoms with Crippen molar-refractivity contribution in [3.63, 3.8) is 0 Å². The molecule has 2 aromatic rings. The van der Waals surface area contributed by atoms with E-state index < -0.39 is 11.7 Å². The van der Waals surface area contributed by atoms with E-state index in [0.29, 0.717) is 32.0 Å². The van der Waals surface area contributed by atoms with Crippen molar-refractivity contribution in [2.75, 3.05) is 42.9 Å². The van der Waals surface area contributed by atoms with Gasteiger partial charge in [-0.3, -0.25) is 19.5 Å². The third kappa shape index (κ3) is 4.31. The summed E-state index contributed by atoms with van der Waals surface area (Å²) in [4.78, 5) is 35.4. The van der Waals surface area contributed by atoms with E-state index in [4.69, 9.17) is 5.73 Å². The summed E-state index contributed by atoms with van der Waals surface area (Å²) in [5.41, 5.74) is 5.52. The van der Waals surface area contributed by atoms with E-state index >= 15 is 0 Å². The molecule has 1 aromatic heterocycles. The minimum absolute atomic E-state index is 0.120. The Bertz CT molecular complexity index is 807. The van der Waals surface area contributed by atoms with E-state index in [1.165, 1.54) is 18.3 Å². The predicted molar refractivity (Wildman–Crippen MR) is 94.2 cm³/mol. The van der Waals surface area contributed by atoms with Gasteiger partial charge in [0.05, 0.1) is 24.6 Å². The van der Waals surface area contributed by atoms with E-state index in [9.17, 15) is 14.0 Å². The predicted octanol–water partition coefficient (Wildman–Crippen LogP) is 0.475. The van der Waals surface area contributed by atoms with Crippen molar-refractivity contribution in [1.29, 1.82) is 0 Å². The molecule has 8 nitrogen and oxygen atoms in total. The fraction of sp³-hybridized carbons (Fsp3) is 0.294. The molecular weight excluding hydrogens is 339 g/mol. The third-order valence-corrected chi connectivity index (χ3v) is 4.09. The number of amides is 2. The molecule has 0 saturated carbocycles. The van der Waals surface area contributed by atoms with Crippen LogP contribution in [0.15, 0.2) is 36.7 Å². The molecule has 1 fully saturated rings. The Morgan fingerprint density at radius 3 is 2.58 bits per heavy atom. The van der Waals surface area contributed by atoms with Crippen molar-refractivity contribution in [1.82, 2.24) is 14.9 Å². The van der Waals surface area contributed by atoms with Crippen LogP contribution in [0.3, 0.4) is 0 Å². The molecule has 0 aliphatic carbocycles. The van der Waals surface area contributed by atoms with E-state index in [1.54, 1.807) is 18.3 Å². The molecule has 9 heteroatoms. The van der Waals surface area contributed by atoms with Gasteiger partial charge < -0.3 is 16.0 Å². The Balaban J connectivity index is 1.52.